The molecule has 0 radical (unpaired) electrons. The predicted octanol–water partition coefficient (Wildman–Crippen LogP) is 2.72. The maximum Gasteiger partial charge on any atom is 0.253 e. The zero-order valence-corrected chi connectivity index (χ0v) is 17.7. The Hall–Kier alpha value is -2.09. The molecule has 0 saturated carbocycles. The van der Waals surface area contributed by atoms with Gasteiger partial charge in [0.2, 0.25) is 0 Å². The zero-order chi connectivity index (χ0) is 20.1. The number of carbonyl (C=O) groups excluding carboxylic acids is 1. The van der Waals surface area contributed by atoms with Crippen molar-refractivity contribution in [3.05, 3.63) is 58.1 Å². The van der Waals surface area contributed by atoms with Gasteiger partial charge < -0.3 is 19.9 Å². The number of benzene rings is 2. The molecule has 7 heteroatoms. The van der Waals surface area contributed by atoms with E-state index in [4.69, 9.17) is 9.47 Å². The molecule has 2 aromatic carbocycles. The monoisotopic (exact) mass is 448 g/mol. The van der Waals surface area contributed by atoms with E-state index in [2.05, 4.69) is 26.1 Å². The number of methoxy groups -OCH3 is 2. The van der Waals surface area contributed by atoms with Crippen molar-refractivity contribution >= 4 is 21.8 Å². The van der Waals surface area contributed by atoms with E-state index in [1.165, 1.54) is 5.56 Å². The smallest absolute Gasteiger partial charge is 0.253 e. The average molecular weight is 449 g/mol. The number of hydrogen-bond acceptors (Lipinski definition) is 5. The third kappa shape index (κ3) is 4.66. The molecule has 1 aliphatic rings. The number of aliphatic hydroxyl groups is 1. The number of halogens is 1. The van der Waals surface area contributed by atoms with Gasteiger partial charge in [0.1, 0.15) is 0 Å². The fourth-order valence-electron chi connectivity index (χ4n) is 3.45. The second-order valence-electron chi connectivity index (χ2n) is 6.97. The molecular formula is C21H25BrN2O4. The second kappa shape index (κ2) is 8.94. The molecule has 3 rings (SSSR count). The van der Waals surface area contributed by atoms with Crippen LogP contribution in [0.2, 0.25) is 0 Å². The van der Waals surface area contributed by atoms with Crippen LogP contribution in [0.5, 0.6) is 11.5 Å². The number of β-amino-alcohol motifs (C(OH)–C–C–N with tert-alkyl or cyclic N) is 1. The minimum Gasteiger partial charge on any atom is -0.493 e. The van der Waals surface area contributed by atoms with E-state index in [9.17, 15) is 9.90 Å². The Balaban J connectivity index is 1.60. The first-order chi connectivity index (χ1) is 13.4. The maximum atomic E-state index is 12.6. The van der Waals surface area contributed by atoms with Gasteiger partial charge >= 0.3 is 0 Å². The SMILES string of the molecule is COc1cc(CNC(=O)C2(O)CCN(Cc3ccccc3)C2)cc(Br)c1OC. The lowest BCUT2D eigenvalue weighted by molar-refractivity contribution is -0.138. The van der Waals surface area contributed by atoms with E-state index >= 15 is 0 Å². The van der Waals surface area contributed by atoms with Crippen LogP contribution in [0.3, 0.4) is 0 Å². The maximum absolute atomic E-state index is 12.6. The number of amides is 1. The highest BCUT2D eigenvalue weighted by molar-refractivity contribution is 9.10. The molecule has 0 spiro atoms. The van der Waals surface area contributed by atoms with Crippen molar-refractivity contribution in [1.29, 1.82) is 0 Å². The van der Waals surface area contributed by atoms with Gasteiger partial charge in [-0.15, -0.1) is 0 Å². The van der Waals surface area contributed by atoms with Gasteiger partial charge in [-0.1, -0.05) is 30.3 Å². The Morgan fingerprint density at radius 2 is 1.96 bits per heavy atom. The van der Waals surface area contributed by atoms with Crippen LogP contribution in [0.15, 0.2) is 46.9 Å². The summed E-state index contributed by atoms with van der Waals surface area (Å²) < 4.78 is 11.4. The lowest BCUT2D eigenvalue weighted by Gasteiger charge is -2.23. The summed E-state index contributed by atoms with van der Waals surface area (Å²) in [5.74, 6) is 0.826. The largest absolute Gasteiger partial charge is 0.493 e. The highest BCUT2D eigenvalue weighted by Gasteiger charge is 2.42. The Morgan fingerprint density at radius 1 is 1.21 bits per heavy atom. The van der Waals surface area contributed by atoms with Gasteiger partial charge in [0.05, 0.1) is 18.7 Å². The summed E-state index contributed by atoms with van der Waals surface area (Å²) in [5.41, 5.74) is 0.644. The van der Waals surface area contributed by atoms with Crippen LogP contribution in [0.4, 0.5) is 0 Å². The first kappa shape index (κ1) is 20.6. The predicted molar refractivity (Wildman–Crippen MR) is 110 cm³/mol. The molecule has 0 bridgehead atoms. The third-order valence-electron chi connectivity index (χ3n) is 4.94. The number of nitrogens with one attached hydrogen (secondary N) is 1. The van der Waals surface area contributed by atoms with Gasteiger partial charge in [0.25, 0.3) is 5.91 Å². The molecule has 2 aromatic rings. The van der Waals surface area contributed by atoms with E-state index in [1.54, 1.807) is 14.2 Å². The Kier molecular flexibility index (Phi) is 6.59. The van der Waals surface area contributed by atoms with Crippen LogP contribution in [0, 0.1) is 0 Å². The van der Waals surface area contributed by atoms with Crippen molar-refractivity contribution in [2.75, 3.05) is 27.3 Å². The van der Waals surface area contributed by atoms with Crippen molar-refractivity contribution < 1.29 is 19.4 Å². The van der Waals surface area contributed by atoms with E-state index in [0.29, 0.717) is 37.6 Å². The molecule has 1 heterocycles. The Morgan fingerprint density at radius 3 is 2.64 bits per heavy atom. The highest BCUT2D eigenvalue weighted by Crippen LogP contribution is 2.36. The van der Waals surface area contributed by atoms with E-state index in [1.807, 2.05) is 42.5 Å². The minimum atomic E-state index is -1.37. The molecule has 0 aromatic heterocycles. The summed E-state index contributed by atoms with van der Waals surface area (Å²) in [7, 11) is 3.14. The molecule has 1 atom stereocenters. The second-order valence-corrected chi connectivity index (χ2v) is 7.83. The topological polar surface area (TPSA) is 71.0 Å². The van der Waals surface area contributed by atoms with E-state index in [0.717, 1.165) is 16.6 Å². The van der Waals surface area contributed by atoms with Crippen molar-refractivity contribution in [3.8, 4) is 11.5 Å². The zero-order valence-electron chi connectivity index (χ0n) is 16.1. The lowest BCUT2D eigenvalue weighted by atomic mass is 10.0. The number of ether oxygens (including phenoxy) is 2. The average Bonchev–Trinajstić information content (AvgIpc) is 3.08. The number of carbonyl (C=O) groups is 1. The molecule has 0 aliphatic carbocycles. The molecule has 1 unspecified atom stereocenters. The summed E-state index contributed by atoms with van der Waals surface area (Å²) in [5, 5.41) is 13.7. The third-order valence-corrected chi connectivity index (χ3v) is 5.53. The fraction of sp³-hybridized carbons (Fsp3) is 0.381. The van der Waals surface area contributed by atoms with Crippen molar-refractivity contribution in [3.63, 3.8) is 0 Å². The van der Waals surface area contributed by atoms with Gasteiger partial charge in [-0.3, -0.25) is 9.69 Å². The summed E-state index contributed by atoms with van der Waals surface area (Å²) >= 11 is 3.45. The van der Waals surface area contributed by atoms with E-state index in [-0.39, 0.29) is 5.91 Å². The molecule has 28 heavy (non-hydrogen) atoms. The van der Waals surface area contributed by atoms with Gasteiger partial charge in [-0.2, -0.15) is 0 Å². The van der Waals surface area contributed by atoms with Gasteiger partial charge in [0, 0.05) is 26.2 Å². The number of rotatable bonds is 7. The Bertz CT molecular complexity index is 831. The molecule has 6 nitrogen and oxygen atoms in total. The molecule has 150 valence electrons. The first-order valence-corrected chi connectivity index (χ1v) is 9.92. The summed E-state index contributed by atoms with van der Waals surface area (Å²) in [4.78, 5) is 14.7. The molecular weight excluding hydrogens is 424 g/mol. The van der Waals surface area contributed by atoms with Crippen molar-refractivity contribution in [1.82, 2.24) is 10.2 Å². The number of nitrogens with zero attached hydrogens (tertiary/aromatic N) is 1. The van der Waals surface area contributed by atoms with Gasteiger partial charge in [-0.05, 0) is 45.6 Å². The molecule has 1 fully saturated rings. The van der Waals surface area contributed by atoms with Crippen LogP contribution in [0.1, 0.15) is 17.5 Å². The number of likely N-dealkylation sites (tertiary alicyclic amines) is 1. The summed E-state index contributed by atoms with van der Waals surface area (Å²) in [6.07, 6.45) is 0.418. The summed E-state index contributed by atoms with van der Waals surface area (Å²) in [6, 6.07) is 13.7. The molecule has 1 amide bonds. The van der Waals surface area contributed by atoms with Crippen LogP contribution < -0.4 is 14.8 Å². The van der Waals surface area contributed by atoms with Gasteiger partial charge in [-0.25, -0.2) is 0 Å². The van der Waals surface area contributed by atoms with Crippen LogP contribution in [-0.4, -0.2) is 48.8 Å². The lowest BCUT2D eigenvalue weighted by Crippen LogP contribution is -2.48. The highest BCUT2D eigenvalue weighted by atomic mass is 79.9. The van der Waals surface area contributed by atoms with Gasteiger partial charge in [0.15, 0.2) is 17.1 Å². The first-order valence-electron chi connectivity index (χ1n) is 9.12. The Labute approximate surface area is 173 Å². The van der Waals surface area contributed by atoms with Crippen molar-refractivity contribution in [2.45, 2.75) is 25.1 Å². The van der Waals surface area contributed by atoms with Crippen molar-refractivity contribution in [2.24, 2.45) is 0 Å². The van der Waals surface area contributed by atoms with Crippen LogP contribution >= 0.6 is 15.9 Å². The minimum absolute atomic E-state index is 0.290. The fourth-order valence-corrected chi connectivity index (χ4v) is 4.10. The normalized spacial score (nSPS) is 19.4. The molecule has 2 N–H and O–H groups in total. The van der Waals surface area contributed by atoms with Crippen LogP contribution in [0.25, 0.3) is 0 Å². The quantitative estimate of drug-likeness (QED) is 0.681. The van der Waals surface area contributed by atoms with Crippen LogP contribution in [-0.2, 0) is 17.9 Å². The van der Waals surface area contributed by atoms with E-state index < -0.39 is 5.60 Å². The number of hydrogen-bond donors (Lipinski definition) is 2. The summed E-state index contributed by atoms with van der Waals surface area (Å²) in [6.45, 7) is 2.02. The molecule has 1 aliphatic heterocycles. The standard InChI is InChI=1S/C21H25BrN2O4/c1-27-18-11-16(10-17(22)19(18)28-2)12-23-20(25)21(26)8-9-24(14-21)13-15-6-4-3-5-7-15/h3-7,10-11,26H,8-9,12-14H2,1-2H3,(H,23,25). The molecule has 1 saturated heterocycles.